The molecule has 138 valence electrons. The summed E-state index contributed by atoms with van der Waals surface area (Å²) in [5, 5.41) is 2.75. The molecule has 0 radical (unpaired) electrons. The number of hydrogen-bond donors (Lipinski definition) is 1. The first-order valence-corrected chi connectivity index (χ1v) is 9.81. The van der Waals surface area contributed by atoms with Crippen molar-refractivity contribution in [2.75, 3.05) is 25.5 Å². The van der Waals surface area contributed by atoms with E-state index in [9.17, 15) is 13.2 Å². The van der Waals surface area contributed by atoms with Gasteiger partial charge in [0.05, 0.1) is 17.9 Å². The highest BCUT2D eigenvalue weighted by molar-refractivity contribution is 7.89. The van der Waals surface area contributed by atoms with Crippen LogP contribution in [0.25, 0.3) is 0 Å². The van der Waals surface area contributed by atoms with E-state index in [1.807, 2.05) is 0 Å². The number of benzene rings is 1. The number of pyridine rings is 1. The molecule has 8 heteroatoms. The molecule has 1 aromatic carbocycles. The molecule has 1 unspecified atom stereocenters. The van der Waals surface area contributed by atoms with E-state index in [4.69, 9.17) is 4.74 Å². The van der Waals surface area contributed by atoms with E-state index < -0.39 is 15.9 Å². The number of carbonyl (C=O) groups is 1. The maximum atomic E-state index is 12.8. The molecule has 1 aromatic heterocycles. The highest BCUT2D eigenvalue weighted by Gasteiger charge is 2.33. The fourth-order valence-electron chi connectivity index (χ4n) is 2.98. The van der Waals surface area contributed by atoms with Gasteiger partial charge in [0, 0.05) is 19.3 Å². The van der Waals surface area contributed by atoms with Crippen molar-refractivity contribution in [3.63, 3.8) is 0 Å². The van der Waals surface area contributed by atoms with Crippen LogP contribution in [0, 0.1) is 5.92 Å². The molecule has 1 atom stereocenters. The van der Waals surface area contributed by atoms with Crippen molar-refractivity contribution in [1.82, 2.24) is 9.29 Å². The lowest BCUT2D eigenvalue weighted by Crippen LogP contribution is -2.43. The Morgan fingerprint density at radius 2 is 2.00 bits per heavy atom. The number of aromatic nitrogens is 1. The van der Waals surface area contributed by atoms with Crippen molar-refractivity contribution in [2.45, 2.75) is 17.7 Å². The number of sulfonamides is 1. The van der Waals surface area contributed by atoms with Crippen LogP contribution in [0.4, 0.5) is 5.82 Å². The average molecular weight is 375 g/mol. The molecule has 0 bridgehead atoms. The molecule has 26 heavy (non-hydrogen) atoms. The minimum absolute atomic E-state index is 0.151. The van der Waals surface area contributed by atoms with Gasteiger partial charge in [-0.15, -0.1) is 0 Å². The fourth-order valence-corrected chi connectivity index (χ4v) is 4.53. The van der Waals surface area contributed by atoms with Crippen LogP contribution in [0.2, 0.25) is 0 Å². The van der Waals surface area contributed by atoms with Crippen LogP contribution in [-0.4, -0.2) is 43.8 Å². The molecule has 0 aliphatic carbocycles. The van der Waals surface area contributed by atoms with Crippen molar-refractivity contribution in [2.24, 2.45) is 5.92 Å². The van der Waals surface area contributed by atoms with Crippen molar-refractivity contribution < 1.29 is 17.9 Å². The van der Waals surface area contributed by atoms with Gasteiger partial charge in [0.2, 0.25) is 15.9 Å². The van der Waals surface area contributed by atoms with E-state index in [1.165, 1.54) is 11.4 Å². The minimum atomic E-state index is -3.60. The lowest BCUT2D eigenvalue weighted by Gasteiger charge is -2.31. The Morgan fingerprint density at radius 1 is 1.23 bits per heavy atom. The number of anilines is 1. The highest BCUT2D eigenvalue weighted by Crippen LogP contribution is 2.26. The van der Waals surface area contributed by atoms with Gasteiger partial charge in [0.1, 0.15) is 0 Å². The monoisotopic (exact) mass is 375 g/mol. The highest BCUT2D eigenvalue weighted by atomic mass is 32.2. The van der Waals surface area contributed by atoms with Gasteiger partial charge in [-0.2, -0.15) is 4.31 Å². The summed E-state index contributed by atoms with van der Waals surface area (Å²) in [6.07, 6.45) is 2.82. The molecule has 1 aliphatic rings. The van der Waals surface area contributed by atoms with Gasteiger partial charge in [-0.1, -0.05) is 18.2 Å². The molecule has 1 fully saturated rings. The van der Waals surface area contributed by atoms with Crippen LogP contribution in [0.5, 0.6) is 5.75 Å². The second-order valence-corrected chi connectivity index (χ2v) is 8.00. The van der Waals surface area contributed by atoms with Gasteiger partial charge in [-0.3, -0.25) is 4.79 Å². The van der Waals surface area contributed by atoms with Crippen LogP contribution in [0.15, 0.2) is 53.6 Å². The summed E-state index contributed by atoms with van der Waals surface area (Å²) in [6.45, 7) is 0.562. The second-order valence-electron chi connectivity index (χ2n) is 6.06. The second kappa shape index (κ2) is 7.84. The van der Waals surface area contributed by atoms with Crippen molar-refractivity contribution >= 4 is 21.7 Å². The van der Waals surface area contributed by atoms with Crippen LogP contribution in [-0.2, 0) is 14.8 Å². The molecule has 7 nitrogen and oxygen atoms in total. The van der Waals surface area contributed by atoms with E-state index in [1.54, 1.807) is 48.7 Å². The standard InChI is InChI=1S/C18H21N3O4S/c1-25-16-10-5-11-19-17(16)20-18(22)14-7-6-12-21(13-14)26(23,24)15-8-3-2-4-9-15/h2-5,8-11,14H,6-7,12-13H2,1H3,(H,19,20,22). The molecule has 1 aliphatic heterocycles. The predicted molar refractivity (Wildman–Crippen MR) is 97.3 cm³/mol. The number of ether oxygens (including phenoxy) is 1. The Morgan fingerprint density at radius 3 is 2.73 bits per heavy atom. The third-order valence-electron chi connectivity index (χ3n) is 4.37. The number of rotatable bonds is 5. The van der Waals surface area contributed by atoms with Crippen LogP contribution in [0.1, 0.15) is 12.8 Å². The summed E-state index contributed by atoms with van der Waals surface area (Å²) in [4.78, 5) is 17.0. The number of hydrogen-bond acceptors (Lipinski definition) is 5. The molecule has 0 spiro atoms. The Bertz CT molecular complexity index is 871. The first kappa shape index (κ1) is 18.3. The summed E-state index contributed by atoms with van der Waals surface area (Å²) in [5.41, 5.74) is 0. The minimum Gasteiger partial charge on any atom is -0.493 e. The van der Waals surface area contributed by atoms with E-state index in [0.717, 1.165) is 0 Å². The number of methoxy groups -OCH3 is 1. The van der Waals surface area contributed by atoms with Crippen molar-refractivity contribution in [3.8, 4) is 5.75 Å². The van der Waals surface area contributed by atoms with E-state index in [2.05, 4.69) is 10.3 Å². The fraction of sp³-hybridized carbons (Fsp3) is 0.333. The van der Waals surface area contributed by atoms with Gasteiger partial charge >= 0.3 is 0 Å². The largest absolute Gasteiger partial charge is 0.493 e. The zero-order valence-corrected chi connectivity index (χ0v) is 15.3. The van der Waals surface area contributed by atoms with Gasteiger partial charge < -0.3 is 10.1 Å². The number of nitrogens with zero attached hydrogens (tertiary/aromatic N) is 2. The summed E-state index contributed by atoms with van der Waals surface area (Å²) < 4.78 is 32.1. The third kappa shape index (κ3) is 3.86. The molecular formula is C18H21N3O4S. The molecule has 3 rings (SSSR count). The maximum absolute atomic E-state index is 12.8. The zero-order chi connectivity index (χ0) is 18.6. The van der Waals surface area contributed by atoms with Gasteiger partial charge in [0.25, 0.3) is 0 Å². The maximum Gasteiger partial charge on any atom is 0.243 e. The number of piperidine rings is 1. The summed E-state index contributed by atoms with van der Waals surface area (Å²) in [6, 6.07) is 11.7. The molecular weight excluding hydrogens is 354 g/mol. The van der Waals surface area contributed by atoms with Crippen molar-refractivity contribution in [3.05, 3.63) is 48.7 Å². The Hall–Kier alpha value is -2.45. The summed E-state index contributed by atoms with van der Waals surface area (Å²) in [5.74, 6) is 0.109. The number of carbonyl (C=O) groups excluding carboxylic acids is 1. The van der Waals surface area contributed by atoms with Crippen LogP contribution >= 0.6 is 0 Å². The van der Waals surface area contributed by atoms with Gasteiger partial charge in [-0.05, 0) is 37.1 Å². The Labute approximate surface area is 153 Å². The van der Waals surface area contributed by atoms with E-state index in [-0.39, 0.29) is 17.3 Å². The predicted octanol–water partition coefficient (Wildman–Crippen LogP) is 2.13. The van der Waals surface area contributed by atoms with Gasteiger partial charge in [-0.25, -0.2) is 13.4 Å². The average Bonchev–Trinajstić information content (AvgIpc) is 2.69. The lowest BCUT2D eigenvalue weighted by molar-refractivity contribution is -0.120. The first-order valence-electron chi connectivity index (χ1n) is 8.37. The quantitative estimate of drug-likeness (QED) is 0.865. The zero-order valence-electron chi connectivity index (χ0n) is 14.5. The van der Waals surface area contributed by atoms with Gasteiger partial charge in [0.15, 0.2) is 11.6 Å². The first-order chi connectivity index (χ1) is 12.5. The third-order valence-corrected chi connectivity index (χ3v) is 6.25. The number of nitrogens with one attached hydrogen (secondary N) is 1. The molecule has 2 aromatic rings. The summed E-state index contributed by atoms with van der Waals surface area (Å²) >= 11 is 0. The van der Waals surface area contributed by atoms with Crippen LogP contribution in [0.3, 0.4) is 0 Å². The molecule has 1 amide bonds. The topological polar surface area (TPSA) is 88.6 Å². The molecule has 0 saturated carbocycles. The Kier molecular flexibility index (Phi) is 5.53. The van der Waals surface area contributed by atoms with E-state index in [0.29, 0.717) is 31.0 Å². The van der Waals surface area contributed by atoms with Crippen molar-refractivity contribution in [1.29, 1.82) is 0 Å². The lowest BCUT2D eigenvalue weighted by atomic mass is 9.99. The molecule has 2 heterocycles. The molecule has 1 N–H and O–H groups in total. The number of amides is 1. The Balaban J connectivity index is 1.73. The van der Waals surface area contributed by atoms with Crippen LogP contribution < -0.4 is 10.1 Å². The van der Waals surface area contributed by atoms with E-state index >= 15 is 0 Å². The summed E-state index contributed by atoms with van der Waals surface area (Å²) in [7, 11) is -2.10. The SMILES string of the molecule is COc1cccnc1NC(=O)C1CCCN(S(=O)(=O)c2ccccc2)C1. The smallest absolute Gasteiger partial charge is 0.243 e. The normalized spacial score (nSPS) is 18.3. The molecule has 1 saturated heterocycles.